The van der Waals surface area contributed by atoms with Crippen LogP contribution in [-0.2, 0) is 10.3 Å². The maximum absolute atomic E-state index is 6.32. The zero-order chi connectivity index (χ0) is 15.5. The van der Waals surface area contributed by atoms with E-state index in [0.29, 0.717) is 17.6 Å². The standard InChI is InChI=1S/C16H18ClIN2O/c1-4-16(3,21-5-2)15-19-13(12(18)14(17)20-15)11-9-7-6-8-10-11/h6-10H,4-5H2,1-3H3. The minimum absolute atomic E-state index is 0.471. The fourth-order valence-electron chi connectivity index (χ4n) is 2.09. The second-order valence-electron chi connectivity index (χ2n) is 4.88. The molecule has 3 nitrogen and oxygen atoms in total. The van der Waals surface area contributed by atoms with Crippen molar-refractivity contribution in [1.29, 1.82) is 0 Å². The van der Waals surface area contributed by atoms with Crippen LogP contribution in [0.15, 0.2) is 30.3 Å². The van der Waals surface area contributed by atoms with Gasteiger partial charge in [0, 0.05) is 12.2 Å². The highest BCUT2D eigenvalue weighted by molar-refractivity contribution is 14.1. The first-order valence-corrected chi connectivity index (χ1v) is 8.40. The monoisotopic (exact) mass is 416 g/mol. The Morgan fingerprint density at radius 2 is 1.86 bits per heavy atom. The number of rotatable bonds is 5. The minimum atomic E-state index is -0.522. The molecule has 0 radical (unpaired) electrons. The van der Waals surface area contributed by atoms with Crippen LogP contribution in [0.1, 0.15) is 33.0 Å². The minimum Gasteiger partial charge on any atom is -0.368 e. The number of hydrogen-bond donors (Lipinski definition) is 0. The summed E-state index contributed by atoms with van der Waals surface area (Å²) in [6.07, 6.45) is 0.784. The molecule has 1 heterocycles. The van der Waals surface area contributed by atoms with Gasteiger partial charge < -0.3 is 4.74 Å². The third-order valence-electron chi connectivity index (χ3n) is 3.47. The van der Waals surface area contributed by atoms with E-state index in [2.05, 4.69) is 34.5 Å². The van der Waals surface area contributed by atoms with Gasteiger partial charge in [-0.25, -0.2) is 9.97 Å². The van der Waals surface area contributed by atoms with Crippen molar-refractivity contribution in [2.24, 2.45) is 0 Å². The Balaban J connectivity index is 2.58. The number of hydrogen-bond acceptors (Lipinski definition) is 3. The van der Waals surface area contributed by atoms with Crippen molar-refractivity contribution in [2.45, 2.75) is 32.8 Å². The predicted molar refractivity (Wildman–Crippen MR) is 94.5 cm³/mol. The summed E-state index contributed by atoms with van der Waals surface area (Å²) in [5.41, 5.74) is 1.36. The highest BCUT2D eigenvalue weighted by Crippen LogP contribution is 2.33. The average molecular weight is 417 g/mol. The van der Waals surface area contributed by atoms with E-state index in [1.165, 1.54) is 0 Å². The first-order chi connectivity index (χ1) is 10.0. The molecule has 5 heteroatoms. The van der Waals surface area contributed by atoms with E-state index in [1.54, 1.807) is 0 Å². The Kier molecular flexibility index (Phi) is 5.57. The normalized spacial score (nSPS) is 14.0. The molecule has 0 aliphatic rings. The van der Waals surface area contributed by atoms with E-state index in [1.807, 2.05) is 44.2 Å². The van der Waals surface area contributed by atoms with Crippen molar-refractivity contribution in [3.05, 3.63) is 44.9 Å². The van der Waals surface area contributed by atoms with E-state index in [-0.39, 0.29) is 0 Å². The second-order valence-corrected chi connectivity index (χ2v) is 6.32. The third kappa shape index (κ3) is 3.55. The summed E-state index contributed by atoms with van der Waals surface area (Å²) < 4.78 is 6.72. The zero-order valence-electron chi connectivity index (χ0n) is 12.4. The van der Waals surface area contributed by atoms with Gasteiger partial charge in [0.15, 0.2) is 5.82 Å². The van der Waals surface area contributed by atoms with Gasteiger partial charge in [-0.05, 0) is 42.9 Å². The Morgan fingerprint density at radius 3 is 2.43 bits per heavy atom. The lowest BCUT2D eigenvalue weighted by molar-refractivity contribution is -0.0389. The number of aromatic nitrogens is 2. The lowest BCUT2D eigenvalue weighted by Gasteiger charge is -2.27. The smallest absolute Gasteiger partial charge is 0.162 e. The van der Waals surface area contributed by atoms with Gasteiger partial charge in [-0.3, -0.25) is 0 Å². The van der Waals surface area contributed by atoms with Crippen LogP contribution in [0.3, 0.4) is 0 Å². The molecule has 112 valence electrons. The molecule has 0 saturated heterocycles. The molecular formula is C16H18ClIN2O. The van der Waals surface area contributed by atoms with Crippen LogP contribution in [0.4, 0.5) is 0 Å². The number of nitrogens with zero attached hydrogens (tertiary/aromatic N) is 2. The first kappa shape index (κ1) is 16.6. The summed E-state index contributed by atoms with van der Waals surface area (Å²) in [4.78, 5) is 9.18. The quantitative estimate of drug-likeness (QED) is 0.504. The molecule has 2 aromatic rings. The molecule has 21 heavy (non-hydrogen) atoms. The molecule has 0 N–H and O–H groups in total. The first-order valence-electron chi connectivity index (χ1n) is 6.94. The summed E-state index contributed by atoms with van der Waals surface area (Å²) in [5.74, 6) is 0.635. The SMILES string of the molecule is CCOC(C)(CC)c1nc(Cl)c(I)c(-c2ccccc2)n1. The van der Waals surface area contributed by atoms with Crippen molar-refractivity contribution in [3.8, 4) is 11.3 Å². The zero-order valence-corrected chi connectivity index (χ0v) is 15.3. The lowest BCUT2D eigenvalue weighted by Crippen LogP contribution is -2.28. The van der Waals surface area contributed by atoms with Crippen molar-refractivity contribution < 1.29 is 4.74 Å². The Labute approximate surface area is 144 Å². The molecule has 1 atom stereocenters. The van der Waals surface area contributed by atoms with Gasteiger partial charge in [0.05, 0.1) is 9.26 Å². The molecular weight excluding hydrogens is 399 g/mol. The Hall–Kier alpha value is -0.720. The topological polar surface area (TPSA) is 35.0 Å². The molecule has 0 spiro atoms. The summed E-state index contributed by atoms with van der Waals surface area (Å²) in [6, 6.07) is 10.0. The average Bonchev–Trinajstić information content (AvgIpc) is 2.50. The van der Waals surface area contributed by atoms with Gasteiger partial charge in [-0.2, -0.15) is 0 Å². The van der Waals surface area contributed by atoms with E-state index in [9.17, 15) is 0 Å². The summed E-state index contributed by atoms with van der Waals surface area (Å²) in [6.45, 7) is 6.65. The molecule has 0 fully saturated rings. The maximum Gasteiger partial charge on any atom is 0.162 e. The van der Waals surface area contributed by atoms with Gasteiger partial charge in [0.2, 0.25) is 0 Å². The van der Waals surface area contributed by atoms with Crippen LogP contribution in [-0.4, -0.2) is 16.6 Å². The van der Waals surface area contributed by atoms with Crippen molar-refractivity contribution in [2.75, 3.05) is 6.61 Å². The molecule has 0 aliphatic carbocycles. The molecule has 1 aromatic carbocycles. The van der Waals surface area contributed by atoms with Crippen LogP contribution in [0.2, 0.25) is 5.15 Å². The fourth-order valence-corrected chi connectivity index (χ4v) is 2.81. The second kappa shape index (κ2) is 7.03. The number of halogens is 2. The highest BCUT2D eigenvalue weighted by atomic mass is 127. The molecule has 0 bridgehead atoms. The van der Waals surface area contributed by atoms with Crippen LogP contribution >= 0.6 is 34.2 Å². The highest BCUT2D eigenvalue weighted by Gasteiger charge is 2.30. The van der Waals surface area contributed by atoms with Crippen LogP contribution in [0.25, 0.3) is 11.3 Å². The number of ether oxygens (including phenoxy) is 1. The summed E-state index contributed by atoms with van der Waals surface area (Å²) >= 11 is 8.51. The van der Waals surface area contributed by atoms with Gasteiger partial charge in [-0.15, -0.1) is 0 Å². The fraction of sp³-hybridized carbons (Fsp3) is 0.375. The van der Waals surface area contributed by atoms with Crippen molar-refractivity contribution >= 4 is 34.2 Å². The predicted octanol–water partition coefficient (Wildman–Crippen LogP) is 5.06. The summed E-state index contributed by atoms with van der Waals surface area (Å²) in [7, 11) is 0. The van der Waals surface area contributed by atoms with Gasteiger partial charge in [-0.1, -0.05) is 48.9 Å². The van der Waals surface area contributed by atoms with E-state index >= 15 is 0 Å². The molecule has 0 saturated carbocycles. The summed E-state index contributed by atoms with van der Waals surface area (Å²) in [5, 5.41) is 0.471. The Bertz CT molecular complexity index is 621. The molecule has 1 aromatic heterocycles. The number of benzene rings is 1. The molecule has 2 rings (SSSR count). The lowest BCUT2D eigenvalue weighted by atomic mass is 10.0. The largest absolute Gasteiger partial charge is 0.368 e. The van der Waals surface area contributed by atoms with E-state index < -0.39 is 5.60 Å². The van der Waals surface area contributed by atoms with E-state index in [0.717, 1.165) is 21.2 Å². The van der Waals surface area contributed by atoms with Gasteiger partial charge >= 0.3 is 0 Å². The van der Waals surface area contributed by atoms with Crippen molar-refractivity contribution in [1.82, 2.24) is 9.97 Å². The molecule has 0 aliphatic heterocycles. The molecule has 1 unspecified atom stereocenters. The van der Waals surface area contributed by atoms with Crippen LogP contribution < -0.4 is 0 Å². The van der Waals surface area contributed by atoms with Gasteiger partial charge in [0.25, 0.3) is 0 Å². The van der Waals surface area contributed by atoms with Crippen molar-refractivity contribution in [3.63, 3.8) is 0 Å². The van der Waals surface area contributed by atoms with Crippen LogP contribution in [0, 0.1) is 3.57 Å². The third-order valence-corrected chi connectivity index (χ3v) is 5.08. The van der Waals surface area contributed by atoms with Gasteiger partial charge in [0.1, 0.15) is 10.8 Å². The molecule has 0 amide bonds. The van der Waals surface area contributed by atoms with Crippen LogP contribution in [0.5, 0.6) is 0 Å². The Morgan fingerprint density at radius 1 is 1.19 bits per heavy atom. The van der Waals surface area contributed by atoms with E-state index in [4.69, 9.17) is 21.3 Å². The maximum atomic E-state index is 6.32.